The SMILES string of the molecule is COC(=O)C(Nc1cc(F)c(Cl)cc1[N+](=O)[O-])C(C)C. The van der Waals surface area contributed by atoms with E-state index in [4.69, 9.17) is 11.6 Å². The van der Waals surface area contributed by atoms with Crippen LogP contribution in [0.5, 0.6) is 0 Å². The summed E-state index contributed by atoms with van der Waals surface area (Å²) in [5.41, 5.74) is -0.535. The van der Waals surface area contributed by atoms with Crippen molar-refractivity contribution in [1.29, 1.82) is 0 Å². The number of halogens is 2. The fraction of sp³-hybridized carbons (Fsp3) is 0.417. The lowest BCUT2D eigenvalue weighted by Gasteiger charge is -2.20. The third kappa shape index (κ3) is 3.57. The molecule has 0 spiro atoms. The van der Waals surface area contributed by atoms with Crippen LogP contribution in [0.4, 0.5) is 15.8 Å². The monoisotopic (exact) mass is 304 g/mol. The van der Waals surface area contributed by atoms with Crippen LogP contribution in [0.2, 0.25) is 5.02 Å². The van der Waals surface area contributed by atoms with E-state index in [-0.39, 0.29) is 16.6 Å². The predicted octanol–water partition coefficient (Wildman–Crippen LogP) is 3.00. The van der Waals surface area contributed by atoms with Crippen molar-refractivity contribution in [2.75, 3.05) is 12.4 Å². The van der Waals surface area contributed by atoms with Gasteiger partial charge in [0.15, 0.2) is 0 Å². The van der Waals surface area contributed by atoms with Gasteiger partial charge in [-0.15, -0.1) is 0 Å². The number of benzene rings is 1. The molecule has 1 rings (SSSR count). The minimum atomic E-state index is -0.834. The molecule has 1 unspecified atom stereocenters. The first-order valence-electron chi connectivity index (χ1n) is 5.75. The van der Waals surface area contributed by atoms with Gasteiger partial charge in [-0.05, 0) is 5.92 Å². The molecule has 0 saturated carbocycles. The Morgan fingerprint density at radius 3 is 2.55 bits per heavy atom. The Morgan fingerprint density at radius 1 is 1.50 bits per heavy atom. The second-order valence-corrected chi connectivity index (χ2v) is 4.84. The zero-order valence-electron chi connectivity index (χ0n) is 11.1. The van der Waals surface area contributed by atoms with Gasteiger partial charge in [-0.3, -0.25) is 10.1 Å². The number of anilines is 1. The molecule has 0 fully saturated rings. The number of ether oxygens (including phenoxy) is 1. The highest BCUT2D eigenvalue weighted by atomic mass is 35.5. The van der Waals surface area contributed by atoms with E-state index in [9.17, 15) is 19.3 Å². The molecule has 1 N–H and O–H groups in total. The summed E-state index contributed by atoms with van der Waals surface area (Å²) >= 11 is 5.52. The molecule has 0 saturated heterocycles. The maximum Gasteiger partial charge on any atom is 0.328 e. The molecule has 110 valence electrons. The Labute approximate surface area is 120 Å². The minimum Gasteiger partial charge on any atom is -0.467 e. The third-order valence-corrected chi connectivity index (χ3v) is 2.96. The fourth-order valence-corrected chi connectivity index (χ4v) is 1.75. The van der Waals surface area contributed by atoms with E-state index >= 15 is 0 Å². The topological polar surface area (TPSA) is 81.5 Å². The zero-order valence-corrected chi connectivity index (χ0v) is 11.9. The summed E-state index contributed by atoms with van der Waals surface area (Å²) in [5.74, 6) is -1.61. The van der Waals surface area contributed by atoms with Crippen molar-refractivity contribution in [2.24, 2.45) is 5.92 Å². The van der Waals surface area contributed by atoms with Gasteiger partial charge in [0.25, 0.3) is 5.69 Å². The van der Waals surface area contributed by atoms with E-state index in [1.54, 1.807) is 13.8 Å². The molecule has 8 heteroatoms. The number of nitro benzene ring substituents is 1. The van der Waals surface area contributed by atoms with Crippen molar-refractivity contribution in [3.8, 4) is 0 Å². The molecule has 0 aliphatic rings. The van der Waals surface area contributed by atoms with E-state index < -0.39 is 28.4 Å². The molecule has 6 nitrogen and oxygen atoms in total. The smallest absolute Gasteiger partial charge is 0.328 e. The average molecular weight is 305 g/mol. The molecule has 0 heterocycles. The van der Waals surface area contributed by atoms with E-state index in [1.165, 1.54) is 7.11 Å². The highest BCUT2D eigenvalue weighted by Crippen LogP contribution is 2.31. The van der Waals surface area contributed by atoms with Crippen LogP contribution in [0.3, 0.4) is 0 Å². The first kappa shape index (κ1) is 16.2. The summed E-state index contributed by atoms with van der Waals surface area (Å²) in [6, 6.07) is 0.950. The number of nitrogens with zero attached hydrogens (tertiary/aromatic N) is 1. The van der Waals surface area contributed by atoms with Gasteiger partial charge in [-0.25, -0.2) is 9.18 Å². The lowest BCUT2D eigenvalue weighted by molar-refractivity contribution is -0.384. The second kappa shape index (κ2) is 6.51. The van der Waals surface area contributed by atoms with Crippen molar-refractivity contribution in [2.45, 2.75) is 19.9 Å². The number of carbonyl (C=O) groups is 1. The number of esters is 1. The molecule has 20 heavy (non-hydrogen) atoms. The van der Waals surface area contributed by atoms with Gasteiger partial charge < -0.3 is 10.1 Å². The lowest BCUT2D eigenvalue weighted by Crippen LogP contribution is -2.35. The number of hydrogen-bond donors (Lipinski definition) is 1. The van der Waals surface area contributed by atoms with Crippen LogP contribution < -0.4 is 5.32 Å². The van der Waals surface area contributed by atoms with Crippen molar-refractivity contribution in [3.63, 3.8) is 0 Å². The van der Waals surface area contributed by atoms with E-state index in [0.29, 0.717) is 0 Å². The first-order valence-corrected chi connectivity index (χ1v) is 6.13. The van der Waals surface area contributed by atoms with Gasteiger partial charge >= 0.3 is 5.97 Å². The van der Waals surface area contributed by atoms with Crippen molar-refractivity contribution in [3.05, 3.63) is 33.1 Å². The van der Waals surface area contributed by atoms with Crippen LogP contribution in [0.25, 0.3) is 0 Å². The van der Waals surface area contributed by atoms with Crippen molar-refractivity contribution >= 4 is 28.9 Å². The van der Waals surface area contributed by atoms with Gasteiger partial charge in [-0.2, -0.15) is 0 Å². The second-order valence-electron chi connectivity index (χ2n) is 4.43. The van der Waals surface area contributed by atoms with Crippen LogP contribution in [0, 0.1) is 21.8 Å². The Hall–Kier alpha value is -1.89. The number of methoxy groups -OCH3 is 1. The Kier molecular flexibility index (Phi) is 5.26. The van der Waals surface area contributed by atoms with Crippen LogP contribution in [-0.4, -0.2) is 24.0 Å². The highest BCUT2D eigenvalue weighted by Gasteiger charge is 2.27. The van der Waals surface area contributed by atoms with Gasteiger partial charge in [-0.1, -0.05) is 25.4 Å². The lowest BCUT2D eigenvalue weighted by atomic mass is 10.0. The van der Waals surface area contributed by atoms with Crippen LogP contribution >= 0.6 is 11.6 Å². The van der Waals surface area contributed by atoms with E-state index in [2.05, 4.69) is 10.1 Å². The highest BCUT2D eigenvalue weighted by molar-refractivity contribution is 6.31. The molecule has 0 amide bonds. The Morgan fingerprint density at radius 2 is 2.10 bits per heavy atom. The third-order valence-electron chi connectivity index (χ3n) is 2.67. The van der Waals surface area contributed by atoms with Crippen LogP contribution in [0.1, 0.15) is 13.8 Å². The number of carbonyl (C=O) groups excluding carboxylic acids is 1. The molecular formula is C12H14ClFN2O4. The number of nitrogens with one attached hydrogen (secondary N) is 1. The van der Waals surface area contributed by atoms with Crippen LogP contribution in [-0.2, 0) is 9.53 Å². The summed E-state index contributed by atoms with van der Waals surface area (Å²) in [5, 5.41) is 13.2. The summed E-state index contributed by atoms with van der Waals surface area (Å²) in [6.45, 7) is 3.46. The molecule has 0 aliphatic heterocycles. The standard InChI is InChI=1S/C12H14ClFN2O4/c1-6(2)11(12(17)20-3)15-9-5-8(14)7(13)4-10(9)16(18)19/h4-6,11,15H,1-3H3. The molecular weight excluding hydrogens is 291 g/mol. The number of nitro groups is 1. The van der Waals surface area contributed by atoms with Crippen LogP contribution in [0.15, 0.2) is 12.1 Å². The minimum absolute atomic E-state index is 0.124. The molecule has 0 aliphatic carbocycles. The van der Waals surface area contributed by atoms with Gasteiger partial charge in [0.1, 0.15) is 17.5 Å². The molecule has 1 atom stereocenters. The largest absolute Gasteiger partial charge is 0.467 e. The molecule has 1 aromatic carbocycles. The molecule has 0 bridgehead atoms. The summed E-state index contributed by atoms with van der Waals surface area (Å²) in [7, 11) is 1.20. The van der Waals surface area contributed by atoms with Gasteiger partial charge in [0, 0.05) is 12.1 Å². The quantitative estimate of drug-likeness (QED) is 0.514. The summed E-state index contributed by atoms with van der Waals surface area (Å²) < 4.78 is 18.1. The normalized spacial score (nSPS) is 12.1. The van der Waals surface area contributed by atoms with Gasteiger partial charge in [0.2, 0.25) is 0 Å². The van der Waals surface area contributed by atoms with Crippen molar-refractivity contribution < 1.29 is 18.8 Å². The van der Waals surface area contributed by atoms with E-state index in [1.807, 2.05) is 0 Å². The molecule has 0 aromatic heterocycles. The maximum atomic E-state index is 13.4. The molecule has 1 aromatic rings. The predicted molar refractivity (Wildman–Crippen MR) is 72.3 cm³/mol. The maximum absolute atomic E-state index is 13.4. The van der Waals surface area contributed by atoms with E-state index in [0.717, 1.165) is 12.1 Å². The number of rotatable bonds is 5. The Bertz CT molecular complexity index is 536. The fourth-order valence-electron chi connectivity index (χ4n) is 1.60. The molecule has 0 radical (unpaired) electrons. The Balaban J connectivity index is 3.21. The summed E-state index contributed by atoms with van der Waals surface area (Å²) in [4.78, 5) is 21.9. The van der Waals surface area contributed by atoms with Gasteiger partial charge in [0.05, 0.1) is 17.1 Å². The average Bonchev–Trinajstić information content (AvgIpc) is 2.37. The zero-order chi connectivity index (χ0) is 15.4. The first-order chi connectivity index (χ1) is 9.27. The van der Waals surface area contributed by atoms with Crippen molar-refractivity contribution in [1.82, 2.24) is 0 Å². The number of hydrogen-bond acceptors (Lipinski definition) is 5. The summed E-state index contributed by atoms with van der Waals surface area (Å²) in [6.07, 6.45) is 0.